The molecular weight excluding hydrogens is 152 g/mol. The highest BCUT2D eigenvalue weighted by atomic mass is 16.3. The van der Waals surface area contributed by atoms with E-state index in [-0.39, 0.29) is 17.6 Å². The van der Waals surface area contributed by atoms with Crippen LogP contribution in [0, 0.1) is 11.8 Å². The Hall–Kier alpha value is -0.630. The number of Topliss-reactive ketones (excluding diaryl/α,β-unsaturated/α-hetero) is 1. The minimum atomic E-state index is -0.781. The van der Waals surface area contributed by atoms with Gasteiger partial charge in [0, 0.05) is 18.3 Å². The Morgan fingerprint density at radius 3 is 2.92 bits per heavy atom. The quantitative estimate of drug-likeness (QED) is 0.551. The van der Waals surface area contributed by atoms with E-state index in [9.17, 15) is 9.90 Å². The normalized spacial score (nSPS) is 46.2. The molecule has 1 N–H and O–H groups in total. The minimum absolute atomic E-state index is 0.0451. The van der Waals surface area contributed by atoms with E-state index in [2.05, 4.69) is 6.08 Å². The van der Waals surface area contributed by atoms with E-state index in [0.29, 0.717) is 6.42 Å². The topological polar surface area (TPSA) is 37.3 Å². The molecule has 2 aliphatic rings. The van der Waals surface area contributed by atoms with Gasteiger partial charge in [0.1, 0.15) is 5.78 Å². The molecule has 2 rings (SSSR count). The van der Waals surface area contributed by atoms with E-state index in [1.165, 1.54) is 0 Å². The number of ketones is 1. The van der Waals surface area contributed by atoms with Gasteiger partial charge < -0.3 is 5.11 Å². The number of hydrogen-bond acceptors (Lipinski definition) is 2. The highest BCUT2D eigenvalue weighted by Gasteiger charge is 2.53. The van der Waals surface area contributed by atoms with Crippen molar-refractivity contribution in [1.82, 2.24) is 0 Å². The summed E-state index contributed by atoms with van der Waals surface area (Å²) in [6, 6.07) is 0. The smallest absolute Gasteiger partial charge is 0.139 e. The number of carbonyl (C=O) groups excluding carboxylic acids is 1. The van der Waals surface area contributed by atoms with Gasteiger partial charge in [-0.1, -0.05) is 13.0 Å². The molecule has 2 aliphatic carbocycles. The largest absolute Gasteiger partial charge is 0.385 e. The molecule has 0 bridgehead atoms. The number of aliphatic hydroxyl groups is 1. The highest BCUT2D eigenvalue weighted by molar-refractivity contribution is 5.86. The fourth-order valence-electron chi connectivity index (χ4n) is 2.51. The van der Waals surface area contributed by atoms with Gasteiger partial charge in [0.2, 0.25) is 0 Å². The summed E-state index contributed by atoms with van der Waals surface area (Å²) in [6.07, 6.45) is 3.27. The number of hydrogen-bond donors (Lipinski definition) is 1. The zero-order valence-corrected chi connectivity index (χ0v) is 7.50. The molecule has 0 saturated heterocycles. The third-order valence-electron chi connectivity index (χ3n) is 3.53. The maximum atomic E-state index is 11.4. The minimum Gasteiger partial charge on any atom is -0.385 e. The lowest BCUT2D eigenvalue weighted by atomic mass is 9.86. The van der Waals surface area contributed by atoms with Gasteiger partial charge in [-0.25, -0.2) is 0 Å². The van der Waals surface area contributed by atoms with Gasteiger partial charge in [0.05, 0.1) is 5.60 Å². The Morgan fingerprint density at radius 2 is 2.33 bits per heavy atom. The molecule has 2 nitrogen and oxygen atoms in total. The summed E-state index contributed by atoms with van der Waals surface area (Å²) in [5.74, 6) is 0.420. The Balaban J connectivity index is 2.37. The molecule has 3 atom stereocenters. The molecular formula is C10H14O2. The van der Waals surface area contributed by atoms with E-state index in [1.54, 1.807) is 0 Å². The van der Waals surface area contributed by atoms with Crippen LogP contribution < -0.4 is 0 Å². The third kappa shape index (κ3) is 0.761. The van der Waals surface area contributed by atoms with E-state index in [0.717, 1.165) is 12.0 Å². The number of carbonyl (C=O) groups is 1. The van der Waals surface area contributed by atoms with E-state index in [4.69, 9.17) is 0 Å². The van der Waals surface area contributed by atoms with Gasteiger partial charge in [-0.05, 0) is 18.9 Å². The zero-order valence-electron chi connectivity index (χ0n) is 7.50. The predicted octanol–water partition coefficient (Wildman–Crippen LogP) is 1.29. The van der Waals surface area contributed by atoms with Crippen molar-refractivity contribution in [3.63, 3.8) is 0 Å². The molecule has 2 heteroatoms. The summed E-state index contributed by atoms with van der Waals surface area (Å²) in [7, 11) is 0. The lowest BCUT2D eigenvalue weighted by molar-refractivity contribution is -0.121. The molecule has 0 radical (unpaired) electrons. The van der Waals surface area contributed by atoms with Crippen LogP contribution in [-0.4, -0.2) is 16.5 Å². The van der Waals surface area contributed by atoms with E-state index < -0.39 is 5.60 Å². The first kappa shape index (κ1) is 7.99. The van der Waals surface area contributed by atoms with E-state index in [1.807, 2.05) is 13.8 Å². The Bertz CT molecular complexity index is 267. The molecule has 1 saturated carbocycles. The summed E-state index contributed by atoms with van der Waals surface area (Å²) in [5.41, 5.74) is 0.210. The summed E-state index contributed by atoms with van der Waals surface area (Å²) in [4.78, 5) is 11.4. The first-order valence-corrected chi connectivity index (χ1v) is 4.48. The third-order valence-corrected chi connectivity index (χ3v) is 3.53. The molecule has 66 valence electrons. The molecule has 0 aromatic rings. The van der Waals surface area contributed by atoms with Gasteiger partial charge in [0.25, 0.3) is 0 Å². The van der Waals surface area contributed by atoms with Crippen LogP contribution in [-0.2, 0) is 4.79 Å². The van der Waals surface area contributed by atoms with Crippen LogP contribution in [0.3, 0.4) is 0 Å². The molecule has 0 heterocycles. The van der Waals surface area contributed by atoms with Gasteiger partial charge in [-0.3, -0.25) is 4.79 Å². The summed E-state index contributed by atoms with van der Waals surface area (Å²) in [5, 5.41) is 10.2. The molecule has 1 fully saturated rings. The molecule has 0 amide bonds. The molecule has 0 aliphatic heterocycles. The number of allylic oxidation sites excluding steroid dienone is 1. The van der Waals surface area contributed by atoms with Crippen molar-refractivity contribution in [2.75, 3.05) is 0 Å². The Kier molecular flexibility index (Phi) is 1.46. The lowest BCUT2D eigenvalue weighted by Gasteiger charge is -2.25. The van der Waals surface area contributed by atoms with Crippen LogP contribution in [0.2, 0.25) is 0 Å². The number of rotatable bonds is 0. The molecule has 0 unspecified atom stereocenters. The van der Waals surface area contributed by atoms with Crippen molar-refractivity contribution < 1.29 is 9.90 Å². The van der Waals surface area contributed by atoms with Gasteiger partial charge >= 0.3 is 0 Å². The maximum Gasteiger partial charge on any atom is 0.139 e. The van der Waals surface area contributed by atoms with Crippen molar-refractivity contribution >= 4 is 5.78 Å². The molecule has 0 aromatic heterocycles. The first-order valence-electron chi connectivity index (χ1n) is 4.48. The average molecular weight is 166 g/mol. The zero-order chi connectivity index (χ0) is 8.93. The Morgan fingerprint density at radius 1 is 1.67 bits per heavy atom. The summed E-state index contributed by atoms with van der Waals surface area (Å²) < 4.78 is 0. The van der Waals surface area contributed by atoms with Crippen LogP contribution in [0.4, 0.5) is 0 Å². The fraction of sp³-hybridized carbons (Fsp3) is 0.700. The highest BCUT2D eigenvalue weighted by Crippen LogP contribution is 2.48. The van der Waals surface area contributed by atoms with Crippen LogP contribution in [0.1, 0.15) is 26.7 Å². The van der Waals surface area contributed by atoms with Crippen LogP contribution >= 0.6 is 0 Å². The van der Waals surface area contributed by atoms with Crippen molar-refractivity contribution in [2.24, 2.45) is 11.8 Å². The molecule has 0 spiro atoms. The van der Waals surface area contributed by atoms with Gasteiger partial charge in [-0.15, -0.1) is 0 Å². The van der Waals surface area contributed by atoms with Crippen LogP contribution in [0.25, 0.3) is 0 Å². The summed E-state index contributed by atoms with van der Waals surface area (Å²) in [6.45, 7) is 3.85. The van der Waals surface area contributed by atoms with Crippen molar-refractivity contribution in [3.8, 4) is 0 Å². The van der Waals surface area contributed by atoms with Crippen molar-refractivity contribution in [3.05, 3.63) is 11.6 Å². The standard InChI is InChI=1S/C10H14O2/c1-6-3-4-8-7(2)9(11)5-10(6,8)12/h3,7-8,12H,4-5H2,1-2H3/t7-,8-,10+/m0/s1. The van der Waals surface area contributed by atoms with Crippen molar-refractivity contribution in [1.29, 1.82) is 0 Å². The fourth-order valence-corrected chi connectivity index (χ4v) is 2.51. The number of fused-ring (bicyclic) bond motifs is 1. The van der Waals surface area contributed by atoms with Crippen LogP contribution in [0.5, 0.6) is 0 Å². The lowest BCUT2D eigenvalue weighted by Crippen LogP contribution is -2.31. The first-order chi connectivity index (χ1) is 5.55. The maximum absolute atomic E-state index is 11.4. The van der Waals surface area contributed by atoms with Gasteiger partial charge in [-0.2, -0.15) is 0 Å². The van der Waals surface area contributed by atoms with Crippen molar-refractivity contribution in [2.45, 2.75) is 32.3 Å². The van der Waals surface area contributed by atoms with Crippen LogP contribution in [0.15, 0.2) is 11.6 Å². The Labute approximate surface area is 72.3 Å². The second-order valence-electron chi connectivity index (χ2n) is 4.09. The van der Waals surface area contributed by atoms with E-state index >= 15 is 0 Å². The predicted molar refractivity (Wildman–Crippen MR) is 45.6 cm³/mol. The molecule has 12 heavy (non-hydrogen) atoms. The summed E-state index contributed by atoms with van der Waals surface area (Å²) >= 11 is 0. The average Bonchev–Trinajstić information content (AvgIpc) is 2.38. The second kappa shape index (κ2) is 2.19. The van der Waals surface area contributed by atoms with Gasteiger partial charge in [0.15, 0.2) is 0 Å². The SMILES string of the molecule is CC1=CC[C@H]2[C@H](C)C(=O)C[C@@]12O. The monoisotopic (exact) mass is 166 g/mol. The molecule has 0 aromatic carbocycles. The second-order valence-corrected chi connectivity index (χ2v) is 4.09.